The minimum absolute atomic E-state index is 0.115. The smallest absolute Gasteiger partial charge is 0.258 e. The van der Waals surface area contributed by atoms with E-state index in [2.05, 4.69) is 5.32 Å². The van der Waals surface area contributed by atoms with Crippen LogP contribution in [0.25, 0.3) is 0 Å². The van der Waals surface area contributed by atoms with Crippen LogP contribution in [0.5, 0.6) is 11.5 Å². The van der Waals surface area contributed by atoms with Gasteiger partial charge in [0.15, 0.2) is 6.61 Å². The third kappa shape index (κ3) is 5.96. The molecule has 0 aliphatic heterocycles. The maximum absolute atomic E-state index is 12.9. The van der Waals surface area contributed by atoms with Gasteiger partial charge in [-0.1, -0.05) is 23.2 Å². The van der Waals surface area contributed by atoms with Crippen molar-refractivity contribution in [2.45, 2.75) is 0 Å². The van der Waals surface area contributed by atoms with Gasteiger partial charge in [0.05, 0.1) is 11.6 Å². The Balaban J connectivity index is 1.66. The third-order valence-electron chi connectivity index (χ3n) is 2.76. The van der Waals surface area contributed by atoms with Crippen LogP contribution in [0.3, 0.4) is 0 Å². The summed E-state index contributed by atoms with van der Waals surface area (Å²) in [4.78, 5) is 11.6. The summed E-state index contributed by atoms with van der Waals surface area (Å²) in [7, 11) is 0. The lowest BCUT2D eigenvalue weighted by molar-refractivity contribution is -0.123. The van der Waals surface area contributed by atoms with Gasteiger partial charge >= 0.3 is 0 Å². The predicted molar refractivity (Wildman–Crippen MR) is 86.9 cm³/mol. The monoisotopic (exact) mass is 357 g/mol. The Morgan fingerprint density at radius 3 is 2.52 bits per heavy atom. The van der Waals surface area contributed by atoms with Crippen molar-refractivity contribution < 1.29 is 18.7 Å². The molecule has 0 aliphatic carbocycles. The summed E-state index contributed by atoms with van der Waals surface area (Å²) in [5.41, 5.74) is 0. The molecule has 23 heavy (non-hydrogen) atoms. The maximum atomic E-state index is 12.9. The zero-order chi connectivity index (χ0) is 16.7. The SMILES string of the molecule is O=C(COc1ccc(F)cc1Cl)NCCOc1ccc(Cl)cc1. The summed E-state index contributed by atoms with van der Waals surface area (Å²) < 4.78 is 23.5. The Morgan fingerprint density at radius 2 is 1.83 bits per heavy atom. The number of hydrogen-bond acceptors (Lipinski definition) is 3. The molecule has 122 valence electrons. The van der Waals surface area contributed by atoms with Gasteiger partial charge in [-0.2, -0.15) is 0 Å². The second-order valence-corrected chi connectivity index (χ2v) is 5.36. The van der Waals surface area contributed by atoms with Crippen LogP contribution in [-0.4, -0.2) is 25.7 Å². The highest BCUT2D eigenvalue weighted by Crippen LogP contribution is 2.24. The second kappa shape index (κ2) is 8.60. The van der Waals surface area contributed by atoms with Crippen LogP contribution in [-0.2, 0) is 4.79 Å². The van der Waals surface area contributed by atoms with Crippen molar-refractivity contribution in [3.8, 4) is 11.5 Å². The first-order valence-corrected chi connectivity index (χ1v) is 7.53. The van der Waals surface area contributed by atoms with E-state index in [1.54, 1.807) is 24.3 Å². The number of ether oxygens (including phenoxy) is 2. The second-order valence-electron chi connectivity index (χ2n) is 4.52. The van der Waals surface area contributed by atoms with Crippen LogP contribution < -0.4 is 14.8 Å². The summed E-state index contributed by atoms with van der Waals surface area (Å²) in [5.74, 6) is 0.120. The predicted octanol–water partition coefficient (Wildman–Crippen LogP) is 3.71. The molecule has 7 heteroatoms. The first kappa shape index (κ1) is 17.4. The maximum Gasteiger partial charge on any atom is 0.258 e. The van der Waals surface area contributed by atoms with Gasteiger partial charge in [-0.05, 0) is 42.5 Å². The van der Waals surface area contributed by atoms with Crippen LogP contribution in [0, 0.1) is 5.82 Å². The first-order chi connectivity index (χ1) is 11.0. The molecule has 1 N–H and O–H groups in total. The van der Waals surface area contributed by atoms with E-state index in [4.69, 9.17) is 32.7 Å². The number of hydrogen-bond donors (Lipinski definition) is 1. The zero-order valence-corrected chi connectivity index (χ0v) is 13.5. The molecule has 4 nitrogen and oxygen atoms in total. The number of nitrogens with one attached hydrogen (secondary N) is 1. The highest BCUT2D eigenvalue weighted by molar-refractivity contribution is 6.32. The normalized spacial score (nSPS) is 10.2. The fraction of sp³-hybridized carbons (Fsp3) is 0.188. The molecule has 2 rings (SSSR count). The van der Waals surface area contributed by atoms with Gasteiger partial charge in [0.25, 0.3) is 5.91 Å². The lowest BCUT2D eigenvalue weighted by atomic mass is 10.3. The molecule has 1 amide bonds. The highest BCUT2D eigenvalue weighted by atomic mass is 35.5. The zero-order valence-electron chi connectivity index (χ0n) is 12.0. The molecule has 0 aromatic heterocycles. The van der Waals surface area contributed by atoms with Gasteiger partial charge in [-0.25, -0.2) is 4.39 Å². The van der Waals surface area contributed by atoms with Crippen molar-refractivity contribution in [1.82, 2.24) is 5.32 Å². The van der Waals surface area contributed by atoms with Crippen molar-refractivity contribution >= 4 is 29.1 Å². The first-order valence-electron chi connectivity index (χ1n) is 6.77. The molecule has 0 aliphatic rings. The Labute approximate surface area is 143 Å². The van der Waals surface area contributed by atoms with Crippen LogP contribution in [0.4, 0.5) is 4.39 Å². The van der Waals surface area contributed by atoms with Gasteiger partial charge in [0.2, 0.25) is 0 Å². The van der Waals surface area contributed by atoms with E-state index in [-0.39, 0.29) is 23.3 Å². The highest BCUT2D eigenvalue weighted by Gasteiger charge is 2.06. The lowest BCUT2D eigenvalue weighted by Gasteiger charge is -2.09. The van der Waals surface area contributed by atoms with Gasteiger partial charge in [0.1, 0.15) is 23.9 Å². The largest absolute Gasteiger partial charge is 0.492 e. The Morgan fingerprint density at radius 1 is 1.09 bits per heavy atom. The Bertz CT molecular complexity index is 665. The number of halogens is 3. The van der Waals surface area contributed by atoms with Crippen molar-refractivity contribution in [2.75, 3.05) is 19.8 Å². The Kier molecular flexibility index (Phi) is 6.50. The summed E-state index contributed by atoms with van der Waals surface area (Å²) in [5, 5.41) is 3.38. The van der Waals surface area contributed by atoms with E-state index in [9.17, 15) is 9.18 Å². The van der Waals surface area contributed by atoms with Gasteiger partial charge in [0, 0.05) is 5.02 Å². The standard InChI is InChI=1S/C16H14Cl2FNO3/c17-11-1-4-13(5-2-11)22-8-7-20-16(21)10-23-15-6-3-12(19)9-14(15)18/h1-6,9H,7-8,10H2,(H,20,21). The van der Waals surface area contributed by atoms with Gasteiger partial charge in [-0.3, -0.25) is 4.79 Å². The van der Waals surface area contributed by atoms with Crippen molar-refractivity contribution in [1.29, 1.82) is 0 Å². The number of rotatable bonds is 7. The fourth-order valence-corrected chi connectivity index (χ4v) is 2.02. The Hall–Kier alpha value is -1.98. The van der Waals surface area contributed by atoms with E-state index in [1.807, 2.05) is 0 Å². The van der Waals surface area contributed by atoms with Crippen LogP contribution in [0.2, 0.25) is 10.0 Å². The van der Waals surface area contributed by atoms with Crippen LogP contribution in [0.15, 0.2) is 42.5 Å². The summed E-state index contributed by atoms with van der Waals surface area (Å²) in [6.45, 7) is 0.416. The minimum Gasteiger partial charge on any atom is -0.492 e. The van der Waals surface area contributed by atoms with Crippen molar-refractivity contribution in [3.05, 3.63) is 58.3 Å². The van der Waals surface area contributed by atoms with Crippen molar-refractivity contribution in [2.24, 2.45) is 0 Å². The molecule has 2 aromatic carbocycles. The van der Waals surface area contributed by atoms with E-state index < -0.39 is 5.82 Å². The average Bonchev–Trinajstić information content (AvgIpc) is 2.52. The third-order valence-corrected chi connectivity index (χ3v) is 3.31. The molecular formula is C16H14Cl2FNO3. The number of carbonyl (C=O) groups is 1. The summed E-state index contributed by atoms with van der Waals surface area (Å²) >= 11 is 11.6. The van der Waals surface area contributed by atoms with Gasteiger partial charge < -0.3 is 14.8 Å². The molecule has 0 saturated carbocycles. The molecule has 0 unspecified atom stereocenters. The molecule has 2 aromatic rings. The molecular weight excluding hydrogens is 344 g/mol. The van der Waals surface area contributed by atoms with E-state index in [0.29, 0.717) is 23.9 Å². The molecule has 0 saturated heterocycles. The molecule has 0 heterocycles. The quantitative estimate of drug-likeness (QED) is 0.768. The van der Waals surface area contributed by atoms with E-state index in [0.717, 1.165) is 6.07 Å². The molecule has 0 spiro atoms. The lowest BCUT2D eigenvalue weighted by Crippen LogP contribution is -2.32. The van der Waals surface area contributed by atoms with E-state index in [1.165, 1.54) is 12.1 Å². The van der Waals surface area contributed by atoms with E-state index >= 15 is 0 Å². The molecule has 0 atom stereocenters. The molecule has 0 bridgehead atoms. The van der Waals surface area contributed by atoms with Crippen LogP contribution >= 0.6 is 23.2 Å². The molecule has 0 fully saturated rings. The molecule has 0 radical (unpaired) electrons. The summed E-state index contributed by atoms with van der Waals surface area (Å²) in [6.07, 6.45) is 0. The average molecular weight is 358 g/mol. The van der Waals surface area contributed by atoms with Crippen molar-refractivity contribution in [3.63, 3.8) is 0 Å². The summed E-state index contributed by atoms with van der Waals surface area (Å²) in [6, 6.07) is 10.6. The fourth-order valence-electron chi connectivity index (χ4n) is 1.68. The number of benzene rings is 2. The minimum atomic E-state index is -0.467. The van der Waals surface area contributed by atoms with Gasteiger partial charge in [-0.15, -0.1) is 0 Å². The number of carbonyl (C=O) groups excluding carboxylic acids is 1. The van der Waals surface area contributed by atoms with Crippen LogP contribution in [0.1, 0.15) is 0 Å². The number of amides is 1. The topological polar surface area (TPSA) is 47.6 Å².